The maximum atomic E-state index is 12.1. The molecular formula is C13H12N4O4S2. The summed E-state index contributed by atoms with van der Waals surface area (Å²) in [5.41, 5.74) is 1.51. The number of carbonyl (C=O) groups excluding carboxylic acids is 1. The Morgan fingerprint density at radius 2 is 2.13 bits per heavy atom. The minimum Gasteiger partial charge on any atom is -0.465 e. The highest BCUT2D eigenvalue weighted by molar-refractivity contribution is 7.90. The molecule has 3 aromatic heterocycles. The van der Waals surface area contributed by atoms with Gasteiger partial charge in [0.25, 0.3) is 0 Å². The van der Waals surface area contributed by atoms with E-state index in [1.165, 1.54) is 13.3 Å². The van der Waals surface area contributed by atoms with Crippen LogP contribution in [0.3, 0.4) is 0 Å². The number of thiophene rings is 1. The van der Waals surface area contributed by atoms with Crippen molar-refractivity contribution in [2.75, 3.05) is 13.4 Å². The van der Waals surface area contributed by atoms with E-state index in [2.05, 4.69) is 15.1 Å². The van der Waals surface area contributed by atoms with Crippen LogP contribution in [-0.2, 0) is 21.6 Å². The Hall–Kier alpha value is -2.33. The number of methoxy groups -OCH3 is 1. The van der Waals surface area contributed by atoms with Crippen LogP contribution in [-0.4, -0.2) is 47.5 Å². The lowest BCUT2D eigenvalue weighted by Gasteiger charge is -2.04. The molecule has 0 aromatic carbocycles. The monoisotopic (exact) mass is 352 g/mol. The number of hydrogen-bond donors (Lipinski definition) is 0. The van der Waals surface area contributed by atoms with Crippen molar-refractivity contribution in [1.82, 2.24) is 19.7 Å². The fourth-order valence-corrected chi connectivity index (χ4v) is 3.69. The second-order valence-electron chi connectivity index (χ2n) is 4.78. The molecular weight excluding hydrogens is 340 g/mol. The fourth-order valence-electron chi connectivity index (χ4n) is 2.15. The third-order valence-electron chi connectivity index (χ3n) is 3.19. The largest absolute Gasteiger partial charge is 0.465 e. The summed E-state index contributed by atoms with van der Waals surface area (Å²) in [7, 11) is -0.557. The van der Waals surface area contributed by atoms with Gasteiger partial charge in [-0.15, -0.1) is 11.3 Å². The number of ether oxygens (including phenoxy) is 1. The van der Waals surface area contributed by atoms with Crippen molar-refractivity contribution in [3.8, 4) is 11.3 Å². The van der Waals surface area contributed by atoms with E-state index in [9.17, 15) is 13.2 Å². The minimum atomic E-state index is -3.56. The van der Waals surface area contributed by atoms with Gasteiger partial charge in [-0.05, 0) is 6.07 Å². The van der Waals surface area contributed by atoms with Gasteiger partial charge in [-0.25, -0.2) is 23.2 Å². The standard InChI is InChI=1S/C13H12N4O4S2/c1-17-7(4-5-15-17)9-10-8(22-11(9)12(18)21-2)6-14-13(16-10)23(3,19)20/h4-6H,1-3H3. The van der Waals surface area contributed by atoms with E-state index < -0.39 is 15.8 Å². The van der Waals surface area contributed by atoms with Gasteiger partial charge in [0.05, 0.1) is 28.6 Å². The number of hydrogen-bond acceptors (Lipinski definition) is 8. The zero-order valence-corrected chi connectivity index (χ0v) is 14.1. The molecule has 0 aliphatic rings. The zero-order chi connectivity index (χ0) is 16.8. The number of aryl methyl sites for hydroxylation is 1. The summed E-state index contributed by atoms with van der Waals surface area (Å²) in [6, 6.07) is 1.72. The molecule has 0 radical (unpaired) electrons. The van der Waals surface area contributed by atoms with Crippen LogP contribution >= 0.6 is 11.3 Å². The molecule has 3 heterocycles. The highest BCUT2D eigenvalue weighted by Crippen LogP contribution is 2.37. The van der Waals surface area contributed by atoms with Gasteiger partial charge in [0.2, 0.25) is 15.0 Å². The van der Waals surface area contributed by atoms with E-state index in [4.69, 9.17) is 4.74 Å². The van der Waals surface area contributed by atoms with Crippen molar-refractivity contribution in [3.63, 3.8) is 0 Å². The van der Waals surface area contributed by atoms with Gasteiger partial charge in [0.15, 0.2) is 0 Å². The number of fused-ring (bicyclic) bond motifs is 1. The number of sulfone groups is 1. The molecule has 0 fully saturated rings. The first-order chi connectivity index (χ1) is 10.8. The molecule has 23 heavy (non-hydrogen) atoms. The number of aromatic nitrogens is 4. The molecule has 120 valence electrons. The summed E-state index contributed by atoms with van der Waals surface area (Å²) in [5, 5.41) is 3.80. The van der Waals surface area contributed by atoms with Crippen LogP contribution in [0.5, 0.6) is 0 Å². The summed E-state index contributed by atoms with van der Waals surface area (Å²) in [5.74, 6) is -0.523. The Labute approximate surface area is 135 Å². The van der Waals surface area contributed by atoms with E-state index in [1.807, 2.05) is 0 Å². The third kappa shape index (κ3) is 2.59. The quantitative estimate of drug-likeness (QED) is 0.516. The molecule has 0 aliphatic heterocycles. The maximum absolute atomic E-state index is 12.1. The van der Waals surface area contributed by atoms with Gasteiger partial charge in [-0.1, -0.05) is 0 Å². The van der Waals surface area contributed by atoms with Crippen molar-refractivity contribution in [2.45, 2.75) is 5.16 Å². The average Bonchev–Trinajstić information content (AvgIpc) is 3.07. The van der Waals surface area contributed by atoms with Crippen molar-refractivity contribution in [3.05, 3.63) is 23.3 Å². The highest BCUT2D eigenvalue weighted by atomic mass is 32.2. The summed E-state index contributed by atoms with van der Waals surface area (Å²) in [6.45, 7) is 0. The van der Waals surface area contributed by atoms with Gasteiger partial charge >= 0.3 is 5.97 Å². The van der Waals surface area contributed by atoms with E-state index in [1.54, 1.807) is 24.0 Å². The Morgan fingerprint density at radius 3 is 2.70 bits per heavy atom. The van der Waals surface area contributed by atoms with Crippen molar-refractivity contribution in [1.29, 1.82) is 0 Å². The van der Waals surface area contributed by atoms with Crippen LogP contribution in [0.1, 0.15) is 9.67 Å². The Morgan fingerprint density at radius 1 is 1.39 bits per heavy atom. The third-order valence-corrected chi connectivity index (χ3v) is 5.14. The normalized spacial score (nSPS) is 11.8. The van der Waals surface area contributed by atoms with Crippen LogP contribution in [0.15, 0.2) is 23.6 Å². The summed E-state index contributed by atoms with van der Waals surface area (Å²) in [4.78, 5) is 20.4. The molecule has 0 atom stereocenters. The molecule has 3 aromatic rings. The number of nitrogens with zero attached hydrogens (tertiary/aromatic N) is 4. The van der Waals surface area contributed by atoms with Crippen molar-refractivity contribution < 1.29 is 17.9 Å². The first kappa shape index (κ1) is 15.6. The molecule has 0 N–H and O–H groups in total. The van der Waals surface area contributed by atoms with Crippen LogP contribution in [0.4, 0.5) is 0 Å². The Balaban J connectivity index is 2.41. The molecule has 0 aliphatic carbocycles. The average molecular weight is 352 g/mol. The molecule has 0 saturated carbocycles. The molecule has 0 spiro atoms. The topological polar surface area (TPSA) is 104 Å². The van der Waals surface area contributed by atoms with E-state index >= 15 is 0 Å². The lowest BCUT2D eigenvalue weighted by atomic mass is 10.1. The summed E-state index contributed by atoms with van der Waals surface area (Å²) < 4.78 is 30.4. The Kier molecular flexibility index (Phi) is 3.65. The molecule has 10 heteroatoms. The molecule has 0 saturated heterocycles. The number of esters is 1. The summed E-state index contributed by atoms with van der Waals surface area (Å²) in [6.07, 6.45) is 4.01. The smallest absolute Gasteiger partial charge is 0.348 e. The zero-order valence-electron chi connectivity index (χ0n) is 12.5. The molecule has 8 nitrogen and oxygen atoms in total. The lowest BCUT2D eigenvalue weighted by molar-refractivity contribution is 0.0607. The summed E-state index contributed by atoms with van der Waals surface area (Å²) >= 11 is 1.15. The first-order valence-electron chi connectivity index (χ1n) is 6.39. The second kappa shape index (κ2) is 5.39. The van der Waals surface area contributed by atoms with Gasteiger partial charge < -0.3 is 4.74 Å². The molecule has 0 bridgehead atoms. The number of carbonyl (C=O) groups is 1. The molecule has 0 unspecified atom stereocenters. The van der Waals surface area contributed by atoms with E-state index in [0.29, 0.717) is 26.4 Å². The first-order valence-corrected chi connectivity index (χ1v) is 9.10. The van der Waals surface area contributed by atoms with Gasteiger partial charge in [-0.3, -0.25) is 4.68 Å². The predicted molar refractivity (Wildman–Crippen MR) is 84.1 cm³/mol. The van der Waals surface area contributed by atoms with Crippen LogP contribution in [0.25, 0.3) is 21.5 Å². The predicted octanol–water partition coefficient (Wildman–Crippen LogP) is 1.28. The number of rotatable bonds is 3. The van der Waals surface area contributed by atoms with Gasteiger partial charge in [0.1, 0.15) is 4.88 Å². The van der Waals surface area contributed by atoms with Crippen molar-refractivity contribution in [2.24, 2.45) is 7.05 Å². The molecule has 0 amide bonds. The highest BCUT2D eigenvalue weighted by Gasteiger charge is 2.25. The van der Waals surface area contributed by atoms with Crippen LogP contribution in [0.2, 0.25) is 0 Å². The SMILES string of the molecule is COC(=O)c1sc2cnc(S(C)(=O)=O)nc2c1-c1ccnn1C. The van der Waals surface area contributed by atoms with E-state index in [-0.39, 0.29) is 5.16 Å². The Bertz CT molecular complexity index is 1020. The van der Waals surface area contributed by atoms with E-state index in [0.717, 1.165) is 17.6 Å². The fraction of sp³-hybridized carbons (Fsp3) is 0.231. The van der Waals surface area contributed by atoms with Crippen LogP contribution < -0.4 is 0 Å². The maximum Gasteiger partial charge on any atom is 0.348 e. The van der Waals surface area contributed by atoms with Crippen molar-refractivity contribution >= 4 is 37.4 Å². The minimum absolute atomic E-state index is 0.289. The van der Waals surface area contributed by atoms with Gasteiger partial charge in [0, 0.05) is 25.7 Å². The molecule has 3 rings (SSSR count). The van der Waals surface area contributed by atoms with Gasteiger partial charge in [-0.2, -0.15) is 5.10 Å². The van der Waals surface area contributed by atoms with Crippen LogP contribution in [0, 0.1) is 0 Å². The lowest BCUT2D eigenvalue weighted by Crippen LogP contribution is -2.05. The second-order valence-corrected chi connectivity index (χ2v) is 7.74.